The van der Waals surface area contributed by atoms with Crippen LogP contribution in [0.3, 0.4) is 0 Å². The van der Waals surface area contributed by atoms with Crippen LogP contribution in [0.5, 0.6) is 0 Å². The molecule has 4 nitrogen and oxygen atoms in total. The minimum absolute atomic E-state index is 0.174. The highest BCUT2D eigenvalue weighted by Gasteiger charge is 2.20. The number of hydrogen-bond acceptors (Lipinski definition) is 3. The highest BCUT2D eigenvalue weighted by Crippen LogP contribution is 2.24. The van der Waals surface area contributed by atoms with Crippen LogP contribution in [0, 0.1) is 0 Å². The third kappa shape index (κ3) is 2.33. The second kappa shape index (κ2) is 5.37. The van der Waals surface area contributed by atoms with Gasteiger partial charge in [-0.1, -0.05) is 0 Å². The molecule has 0 spiro atoms. The number of rotatable bonds is 1. The van der Waals surface area contributed by atoms with E-state index in [-0.39, 0.29) is 5.91 Å². The number of benzene rings is 1. The van der Waals surface area contributed by atoms with Crippen molar-refractivity contribution >= 4 is 28.7 Å². The SMILES string of the molecule is O=C(c1ccc2nc3n(c2c1)CCC3)N1CCCSCC1. The molecule has 2 aliphatic rings. The Morgan fingerprint density at radius 1 is 1.14 bits per heavy atom. The van der Waals surface area contributed by atoms with E-state index in [9.17, 15) is 4.79 Å². The van der Waals surface area contributed by atoms with Crippen molar-refractivity contribution in [3.05, 3.63) is 29.6 Å². The molecule has 1 fully saturated rings. The van der Waals surface area contributed by atoms with Crippen LogP contribution in [0.4, 0.5) is 0 Å². The second-order valence-electron chi connectivity index (χ2n) is 5.74. The Labute approximate surface area is 128 Å². The summed E-state index contributed by atoms with van der Waals surface area (Å²) in [5, 5.41) is 0. The standard InChI is InChI=1S/C16H19N3OS/c20-16(18-6-2-9-21-10-8-18)12-4-5-13-14(11-12)19-7-1-3-15(19)17-13/h4-5,11H,1-3,6-10H2. The van der Waals surface area contributed by atoms with Crippen molar-refractivity contribution in [2.75, 3.05) is 24.6 Å². The Morgan fingerprint density at radius 2 is 2.10 bits per heavy atom. The van der Waals surface area contributed by atoms with Gasteiger partial charge in [0.25, 0.3) is 5.91 Å². The largest absolute Gasteiger partial charge is 0.338 e. The van der Waals surface area contributed by atoms with Crippen LogP contribution < -0.4 is 0 Å². The Bertz CT molecular complexity index is 686. The number of aromatic nitrogens is 2. The van der Waals surface area contributed by atoms with Crippen LogP contribution in [0.2, 0.25) is 0 Å². The maximum absolute atomic E-state index is 12.7. The summed E-state index contributed by atoms with van der Waals surface area (Å²) in [6.07, 6.45) is 3.32. The lowest BCUT2D eigenvalue weighted by molar-refractivity contribution is 0.0768. The Balaban J connectivity index is 1.67. The van der Waals surface area contributed by atoms with Gasteiger partial charge < -0.3 is 9.47 Å². The summed E-state index contributed by atoms with van der Waals surface area (Å²) in [6.45, 7) is 2.78. The van der Waals surface area contributed by atoms with Gasteiger partial charge in [-0.15, -0.1) is 0 Å². The molecule has 0 N–H and O–H groups in total. The first kappa shape index (κ1) is 13.2. The monoisotopic (exact) mass is 301 g/mol. The quantitative estimate of drug-likeness (QED) is 0.812. The van der Waals surface area contributed by atoms with E-state index < -0.39 is 0 Å². The van der Waals surface area contributed by atoms with E-state index in [1.807, 2.05) is 34.9 Å². The van der Waals surface area contributed by atoms with Crippen LogP contribution in [0.25, 0.3) is 11.0 Å². The summed E-state index contributed by atoms with van der Waals surface area (Å²) in [4.78, 5) is 19.4. The molecule has 2 aliphatic heterocycles. The van der Waals surface area contributed by atoms with Crippen LogP contribution >= 0.6 is 11.8 Å². The number of aryl methyl sites for hydroxylation is 2. The predicted molar refractivity (Wildman–Crippen MR) is 85.9 cm³/mol. The molecule has 21 heavy (non-hydrogen) atoms. The molecule has 0 unspecified atom stereocenters. The Hall–Kier alpha value is -1.49. The van der Waals surface area contributed by atoms with E-state index >= 15 is 0 Å². The van der Waals surface area contributed by atoms with Gasteiger partial charge in [0.1, 0.15) is 5.82 Å². The fraction of sp³-hybridized carbons (Fsp3) is 0.500. The fourth-order valence-corrected chi connectivity index (χ4v) is 4.16. The zero-order chi connectivity index (χ0) is 14.2. The third-order valence-electron chi connectivity index (χ3n) is 4.37. The van der Waals surface area contributed by atoms with Gasteiger partial charge in [-0.05, 0) is 36.8 Å². The summed E-state index contributed by atoms with van der Waals surface area (Å²) < 4.78 is 2.27. The summed E-state index contributed by atoms with van der Waals surface area (Å²) in [5.41, 5.74) is 2.95. The summed E-state index contributed by atoms with van der Waals surface area (Å²) in [7, 11) is 0. The maximum Gasteiger partial charge on any atom is 0.253 e. The van der Waals surface area contributed by atoms with E-state index in [0.717, 1.165) is 54.8 Å². The first-order valence-corrected chi connectivity index (χ1v) is 8.84. The van der Waals surface area contributed by atoms with Gasteiger partial charge >= 0.3 is 0 Å². The van der Waals surface area contributed by atoms with Gasteiger partial charge in [0.2, 0.25) is 0 Å². The fourth-order valence-electron chi connectivity index (χ4n) is 3.27. The average molecular weight is 301 g/mol. The van der Waals surface area contributed by atoms with Gasteiger partial charge in [-0.2, -0.15) is 11.8 Å². The Morgan fingerprint density at radius 3 is 3.05 bits per heavy atom. The highest BCUT2D eigenvalue weighted by molar-refractivity contribution is 7.99. The second-order valence-corrected chi connectivity index (χ2v) is 6.97. The van der Waals surface area contributed by atoms with Crippen molar-refractivity contribution in [3.8, 4) is 0 Å². The normalized spacial score (nSPS) is 18.8. The van der Waals surface area contributed by atoms with Gasteiger partial charge in [0, 0.05) is 37.4 Å². The van der Waals surface area contributed by atoms with Gasteiger partial charge in [0.15, 0.2) is 0 Å². The third-order valence-corrected chi connectivity index (χ3v) is 5.41. The molecule has 1 amide bonds. The zero-order valence-corrected chi connectivity index (χ0v) is 12.9. The van der Waals surface area contributed by atoms with Gasteiger partial charge in [-0.25, -0.2) is 4.98 Å². The molecule has 0 bridgehead atoms. The average Bonchev–Trinajstić information content (AvgIpc) is 2.97. The molecule has 0 atom stereocenters. The van der Waals surface area contributed by atoms with Crippen molar-refractivity contribution < 1.29 is 4.79 Å². The van der Waals surface area contributed by atoms with Crippen LogP contribution in [-0.4, -0.2) is 45.0 Å². The van der Waals surface area contributed by atoms with Crippen LogP contribution in [0.15, 0.2) is 18.2 Å². The van der Waals surface area contributed by atoms with E-state index in [2.05, 4.69) is 9.55 Å². The lowest BCUT2D eigenvalue weighted by Crippen LogP contribution is -2.32. The predicted octanol–water partition coefficient (Wildman–Crippen LogP) is 2.56. The summed E-state index contributed by atoms with van der Waals surface area (Å²) in [5.74, 6) is 3.56. The number of hydrogen-bond donors (Lipinski definition) is 0. The topological polar surface area (TPSA) is 38.1 Å². The molecular formula is C16H19N3OS. The minimum Gasteiger partial charge on any atom is -0.338 e. The first-order chi connectivity index (χ1) is 10.3. The molecular weight excluding hydrogens is 282 g/mol. The number of thioether (sulfide) groups is 1. The van der Waals surface area contributed by atoms with E-state index in [4.69, 9.17) is 0 Å². The number of nitrogens with zero attached hydrogens (tertiary/aromatic N) is 3. The minimum atomic E-state index is 0.174. The van der Waals surface area contributed by atoms with Crippen molar-refractivity contribution in [1.29, 1.82) is 0 Å². The molecule has 0 radical (unpaired) electrons. The molecule has 0 saturated carbocycles. The molecule has 1 saturated heterocycles. The highest BCUT2D eigenvalue weighted by atomic mass is 32.2. The molecule has 1 aromatic heterocycles. The molecule has 3 heterocycles. The summed E-state index contributed by atoms with van der Waals surface area (Å²) >= 11 is 1.94. The number of carbonyl (C=O) groups is 1. The molecule has 5 heteroatoms. The van der Waals surface area contributed by atoms with Crippen molar-refractivity contribution in [3.63, 3.8) is 0 Å². The lowest BCUT2D eigenvalue weighted by atomic mass is 10.1. The number of fused-ring (bicyclic) bond motifs is 3. The molecule has 2 aromatic rings. The number of carbonyl (C=O) groups excluding carboxylic acids is 1. The summed E-state index contributed by atoms with van der Waals surface area (Å²) in [6, 6.07) is 5.98. The number of amides is 1. The molecule has 4 rings (SSSR count). The zero-order valence-electron chi connectivity index (χ0n) is 12.0. The van der Waals surface area contributed by atoms with E-state index in [1.165, 1.54) is 18.0 Å². The van der Waals surface area contributed by atoms with Gasteiger partial charge in [-0.3, -0.25) is 4.79 Å². The van der Waals surface area contributed by atoms with Gasteiger partial charge in [0.05, 0.1) is 11.0 Å². The molecule has 0 aliphatic carbocycles. The van der Waals surface area contributed by atoms with E-state index in [1.54, 1.807) is 0 Å². The van der Waals surface area contributed by atoms with Crippen molar-refractivity contribution in [1.82, 2.24) is 14.5 Å². The van der Waals surface area contributed by atoms with E-state index in [0.29, 0.717) is 0 Å². The van der Waals surface area contributed by atoms with Crippen molar-refractivity contribution in [2.24, 2.45) is 0 Å². The first-order valence-electron chi connectivity index (χ1n) is 7.69. The molecule has 110 valence electrons. The van der Waals surface area contributed by atoms with Crippen molar-refractivity contribution in [2.45, 2.75) is 25.8 Å². The number of imidazole rings is 1. The van der Waals surface area contributed by atoms with Crippen LogP contribution in [0.1, 0.15) is 29.0 Å². The molecule has 1 aromatic carbocycles. The Kier molecular flexibility index (Phi) is 3.37. The lowest BCUT2D eigenvalue weighted by Gasteiger charge is -2.20. The van der Waals surface area contributed by atoms with Crippen LogP contribution in [-0.2, 0) is 13.0 Å². The smallest absolute Gasteiger partial charge is 0.253 e. The maximum atomic E-state index is 12.7.